The van der Waals surface area contributed by atoms with Gasteiger partial charge in [0.2, 0.25) is 15.9 Å². The van der Waals surface area contributed by atoms with Gasteiger partial charge in [0.15, 0.2) is 0 Å². The zero-order valence-electron chi connectivity index (χ0n) is 13.4. The van der Waals surface area contributed by atoms with Crippen molar-refractivity contribution in [1.29, 1.82) is 0 Å². The number of anilines is 1. The fourth-order valence-corrected chi connectivity index (χ4v) is 4.40. The molecule has 0 N–H and O–H groups in total. The summed E-state index contributed by atoms with van der Waals surface area (Å²) in [7, 11) is -3.41. The number of halogens is 1. The van der Waals surface area contributed by atoms with E-state index >= 15 is 0 Å². The number of benzene rings is 1. The molecule has 1 fully saturated rings. The monoisotopic (exact) mass is 370 g/mol. The van der Waals surface area contributed by atoms with E-state index in [2.05, 4.69) is 10.2 Å². The van der Waals surface area contributed by atoms with Crippen LogP contribution in [0, 0.1) is 0 Å². The highest BCUT2D eigenvalue weighted by Crippen LogP contribution is 2.21. The summed E-state index contributed by atoms with van der Waals surface area (Å²) < 4.78 is 32.2. The summed E-state index contributed by atoms with van der Waals surface area (Å²) in [5.74, 6) is 0.492. The van der Waals surface area contributed by atoms with E-state index in [0.717, 1.165) is 0 Å². The molecule has 0 aliphatic carbocycles. The van der Waals surface area contributed by atoms with Crippen LogP contribution in [0.25, 0.3) is 0 Å². The second-order valence-electron chi connectivity index (χ2n) is 5.57. The van der Waals surface area contributed by atoms with Crippen LogP contribution in [-0.2, 0) is 22.2 Å². The molecule has 0 spiro atoms. The van der Waals surface area contributed by atoms with Crippen LogP contribution in [0.15, 0.2) is 28.7 Å². The van der Waals surface area contributed by atoms with Gasteiger partial charge in [-0.25, -0.2) is 8.42 Å². The molecule has 2 heterocycles. The summed E-state index contributed by atoms with van der Waals surface area (Å²) in [5.41, 5.74) is 0.617. The highest BCUT2D eigenvalue weighted by Gasteiger charge is 2.29. The van der Waals surface area contributed by atoms with Gasteiger partial charge in [0.05, 0.1) is 5.75 Å². The third kappa shape index (κ3) is 3.71. The van der Waals surface area contributed by atoms with Crippen molar-refractivity contribution in [2.45, 2.75) is 19.1 Å². The molecule has 0 atom stereocenters. The Morgan fingerprint density at radius 1 is 1.17 bits per heavy atom. The molecule has 0 radical (unpaired) electrons. The van der Waals surface area contributed by atoms with Crippen molar-refractivity contribution in [2.24, 2.45) is 0 Å². The van der Waals surface area contributed by atoms with Crippen molar-refractivity contribution in [3.63, 3.8) is 0 Å². The van der Waals surface area contributed by atoms with Gasteiger partial charge in [0.1, 0.15) is 0 Å². The molecule has 1 saturated heterocycles. The molecule has 130 valence electrons. The van der Waals surface area contributed by atoms with Crippen LogP contribution in [0.1, 0.15) is 18.4 Å². The molecule has 2 aromatic rings. The van der Waals surface area contributed by atoms with Gasteiger partial charge in [-0.3, -0.25) is 0 Å². The Kier molecular flexibility index (Phi) is 5.07. The van der Waals surface area contributed by atoms with Crippen molar-refractivity contribution in [1.82, 2.24) is 14.5 Å². The van der Waals surface area contributed by atoms with Gasteiger partial charge < -0.3 is 9.32 Å². The topological polar surface area (TPSA) is 79.5 Å². The molecule has 3 rings (SSSR count). The largest absolute Gasteiger partial charge is 0.408 e. The Bertz CT molecular complexity index is 801. The van der Waals surface area contributed by atoms with E-state index in [9.17, 15) is 8.42 Å². The minimum absolute atomic E-state index is 0.0901. The maximum absolute atomic E-state index is 12.6. The first-order valence-electron chi connectivity index (χ1n) is 7.78. The lowest BCUT2D eigenvalue weighted by atomic mass is 10.2. The highest BCUT2D eigenvalue weighted by atomic mass is 35.5. The van der Waals surface area contributed by atoms with Crippen LogP contribution in [0.4, 0.5) is 6.01 Å². The third-order valence-corrected chi connectivity index (χ3v) is 6.15. The Labute approximate surface area is 146 Å². The molecular formula is C15H19ClN4O3S. The lowest BCUT2D eigenvalue weighted by Crippen LogP contribution is -2.49. The molecular weight excluding hydrogens is 352 g/mol. The predicted octanol–water partition coefficient (Wildman–Crippen LogP) is 1.94. The zero-order valence-corrected chi connectivity index (χ0v) is 14.9. The van der Waals surface area contributed by atoms with E-state index in [1.165, 1.54) is 4.31 Å². The Morgan fingerprint density at radius 3 is 2.50 bits per heavy atom. The zero-order chi connectivity index (χ0) is 17.2. The van der Waals surface area contributed by atoms with Gasteiger partial charge in [0.25, 0.3) is 0 Å². The number of aryl methyl sites for hydroxylation is 1. The van der Waals surface area contributed by atoms with Gasteiger partial charge >= 0.3 is 6.01 Å². The molecule has 7 nitrogen and oxygen atoms in total. The van der Waals surface area contributed by atoms with E-state index in [-0.39, 0.29) is 5.75 Å². The molecule has 1 aromatic carbocycles. The summed E-state index contributed by atoms with van der Waals surface area (Å²) in [6.45, 7) is 3.75. The maximum atomic E-state index is 12.6. The molecule has 1 aromatic heterocycles. The number of hydrogen-bond donors (Lipinski definition) is 0. The number of sulfonamides is 1. The first-order valence-corrected chi connectivity index (χ1v) is 9.77. The van der Waals surface area contributed by atoms with Gasteiger partial charge in [-0.05, 0) is 11.6 Å². The minimum Gasteiger partial charge on any atom is -0.408 e. The number of piperazine rings is 1. The van der Waals surface area contributed by atoms with Crippen LogP contribution in [0.2, 0.25) is 5.02 Å². The van der Waals surface area contributed by atoms with Gasteiger partial charge in [0, 0.05) is 37.6 Å². The fourth-order valence-electron chi connectivity index (χ4n) is 2.58. The van der Waals surface area contributed by atoms with Crippen molar-refractivity contribution in [2.75, 3.05) is 31.1 Å². The first kappa shape index (κ1) is 17.2. The maximum Gasteiger partial charge on any atom is 0.318 e. The smallest absolute Gasteiger partial charge is 0.318 e. The van der Waals surface area contributed by atoms with Crippen LogP contribution >= 0.6 is 11.6 Å². The average molecular weight is 371 g/mol. The molecule has 0 saturated carbocycles. The summed E-state index contributed by atoms with van der Waals surface area (Å²) in [4.78, 5) is 1.91. The Balaban J connectivity index is 1.64. The highest BCUT2D eigenvalue weighted by molar-refractivity contribution is 7.88. The van der Waals surface area contributed by atoms with Crippen LogP contribution in [-0.4, -0.2) is 49.1 Å². The Hall–Kier alpha value is -1.64. The number of hydrogen-bond acceptors (Lipinski definition) is 6. The molecule has 1 aliphatic heterocycles. The fraction of sp³-hybridized carbons (Fsp3) is 0.467. The summed E-state index contributed by atoms with van der Waals surface area (Å²) in [5, 5.41) is 8.41. The summed E-state index contributed by atoms with van der Waals surface area (Å²) in [6, 6.07) is 7.46. The standard InChI is InChI=1S/C15H19ClN4O3S/c1-2-14-17-18-15(23-14)19-7-9-20(10-8-19)24(21,22)11-12-5-3-4-6-13(12)16/h3-6H,2,7-11H2,1H3. The van der Waals surface area contributed by atoms with E-state index in [1.54, 1.807) is 24.3 Å². The molecule has 0 unspecified atom stereocenters. The van der Waals surface area contributed by atoms with Crippen LogP contribution in [0.5, 0.6) is 0 Å². The van der Waals surface area contributed by atoms with E-state index in [0.29, 0.717) is 55.1 Å². The summed E-state index contributed by atoms with van der Waals surface area (Å²) in [6.07, 6.45) is 0.680. The Morgan fingerprint density at radius 2 is 1.88 bits per heavy atom. The lowest BCUT2D eigenvalue weighted by molar-refractivity contribution is 0.368. The van der Waals surface area contributed by atoms with Gasteiger partial charge in [-0.1, -0.05) is 41.8 Å². The number of rotatable bonds is 5. The molecule has 9 heteroatoms. The summed E-state index contributed by atoms with van der Waals surface area (Å²) >= 11 is 6.07. The van der Waals surface area contributed by atoms with Gasteiger partial charge in [-0.2, -0.15) is 4.31 Å². The van der Waals surface area contributed by atoms with Crippen molar-refractivity contribution in [3.8, 4) is 0 Å². The second-order valence-corrected chi connectivity index (χ2v) is 7.94. The number of aromatic nitrogens is 2. The van der Waals surface area contributed by atoms with E-state index in [4.69, 9.17) is 16.0 Å². The first-order chi connectivity index (χ1) is 11.5. The predicted molar refractivity (Wildman–Crippen MR) is 91.5 cm³/mol. The number of nitrogens with zero attached hydrogens (tertiary/aromatic N) is 4. The third-order valence-electron chi connectivity index (χ3n) is 3.96. The van der Waals surface area contributed by atoms with Crippen LogP contribution in [0.3, 0.4) is 0 Å². The van der Waals surface area contributed by atoms with E-state index < -0.39 is 10.0 Å². The quantitative estimate of drug-likeness (QED) is 0.800. The average Bonchev–Trinajstić information content (AvgIpc) is 3.06. The normalized spacial score (nSPS) is 16.5. The molecule has 0 bridgehead atoms. The molecule has 1 aliphatic rings. The van der Waals surface area contributed by atoms with Crippen molar-refractivity contribution in [3.05, 3.63) is 40.7 Å². The van der Waals surface area contributed by atoms with Crippen LogP contribution < -0.4 is 4.90 Å². The van der Waals surface area contributed by atoms with Gasteiger partial charge in [-0.15, -0.1) is 5.10 Å². The molecule has 24 heavy (non-hydrogen) atoms. The lowest BCUT2D eigenvalue weighted by Gasteiger charge is -2.32. The molecule has 0 amide bonds. The van der Waals surface area contributed by atoms with Crippen molar-refractivity contribution >= 4 is 27.6 Å². The van der Waals surface area contributed by atoms with Crippen molar-refractivity contribution < 1.29 is 12.8 Å². The minimum atomic E-state index is -3.41. The second kappa shape index (κ2) is 7.08. The SMILES string of the molecule is CCc1nnc(N2CCN(S(=O)(=O)Cc3ccccc3Cl)CC2)o1. The van der Waals surface area contributed by atoms with E-state index in [1.807, 2.05) is 11.8 Å².